The topological polar surface area (TPSA) is 56.1 Å². The first kappa shape index (κ1) is 13.9. The van der Waals surface area contributed by atoms with E-state index in [1.54, 1.807) is 7.11 Å². The van der Waals surface area contributed by atoms with Gasteiger partial charge in [0.15, 0.2) is 5.78 Å². The van der Waals surface area contributed by atoms with E-state index in [0.29, 0.717) is 32.2 Å². The van der Waals surface area contributed by atoms with Gasteiger partial charge in [0.1, 0.15) is 0 Å². The Kier molecular flexibility index (Phi) is 5.86. The molecule has 0 aliphatic rings. The van der Waals surface area contributed by atoms with E-state index in [2.05, 4.69) is 24.3 Å². The molecule has 1 heterocycles. The fraction of sp³-hybridized carbons (Fsp3) is 0.667. The third kappa shape index (κ3) is 5.10. The minimum Gasteiger partial charge on any atom is -0.383 e. The van der Waals surface area contributed by atoms with E-state index in [0.717, 1.165) is 5.69 Å². The van der Waals surface area contributed by atoms with Crippen molar-refractivity contribution in [2.45, 2.75) is 26.3 Å². The molecular formula is C12H21N3O2. The molecule has 5 nitrogen and oxygen atoms in total. The first-order valence-corrected chi connectivity index (χ1v) is 5.89. The van der Waals surface area contributed by atoms with Crippen LogP contribution in [-0.4, -0.2) is 42.4 Å². The van der Waals surface area contributed by atoms with Gasteiger partial charge in [0, 0.05) is 25.9 Å². The van der Waals surface area contributed by atoms with Crippen LogP contribution in [0.15, 0.2) is 12.3 Å². The van der Waals surface area contributed by atoms with Crippen LogP contribution in [0.25, 0.3) is 0 Å². The quantitative estimate of drug-likeness (QED) is 0.682. The second-order valence-electron chi connectivity index (χ2n) is 4.27. The van der Waals surface area contributed by atoms with Crippen molar-refractivity contribution in [1.82, 2.24) is 15.1 Å². The molecule has 0 aromatic carbocycles. The lowest BCUT2D eigenvalue weighted by atomic mass is 10.2. The molecule has 0 aliphatic heterocycles. The Hall–Kier alpha value is -1.20. The smallest absolute Gasteiger partial charge is 0.152 e. The molecule has 1 N–H and O–H groups in total. The van der Waals surface area contributed by atoms with Gasteiger partial charge in [0.25, 0.3) is 0 Å². The maximum atomic E-state index is 11.6. The van der Waals surface area contributed by atoms with Gasteiger partial charge in [0.2, 0.25) is 0 Å². The van der Waals surface area contributed by atoms with Crippen LogP contribution in [0, 0.1) is 0 Å². The number of nitrogens with one attached hydrogen (secondary N) is 1. The summed E-state index contributed by atoms with van der Waals surface area (Å²) in [7, 11) is 1.64. The normalized spacial score (nSPS) is 11.1. The lowest BCUT2D eigenvalue weighted by Gasteiger charge is -2.04. The third-order valence-electron chi connectivity index (χ3n) is 2.38. The van der Waals surface area contributed by atoms with Crippen molar-refractivity contribution in [3.05, 3.63) is 18.0 Å². The van der Waals surface area contributed by atoms with E-state index in [4.69, 9.17) is 4.74 Å². The molecule has 0 atom stereocenters. The average molecular weight is 239 g/mol. The predicted octanol–water partition coefficient (Wildman–Crippen LogP) is 0.812. The van der Waals surface area contributed by atoms with Crippen LogP contribution in [0.4, 0.5) is 0 Å². The lowest BCUT2D eigenvalue weighted by Crippen LogP contribution is -2.27. The van der Waals surface area contributed by atoms with Crippen molar-refractivity contribution in [1.29, 1.82) is 0 Å². The number of aromatic nitrogens is 2. The van der Waals surface area contributed by atoms with Gasteiger partial charge in [-0.1, -0.05) is 0 Å². The van der Waals surface area contributed by atoms with Crippen LogP contribution in [0.2, 0.25) is 0 Å². The predicted molar refractivity (Wildman–Crippen MR) is 66.1 cm³/mol. The molecule has 96 valence electrons. The number of ether oxygens (including phenoxy) is 1. The molecule has 0 amide bonds. The lowest BCUT2D eigenvalue weighted by molar-refractivity contribution is -0.117. The number of nitrogens with zero attached hydrogens (tertiary/aromatic N) is 2. The summed E-state index contributed by atoms with van der Waals surface area (Å²) in [5, 5.41) is 7.36. The van der Waals surface area contributed by atoms with E-state index in [1.165, 1.54) is 0 Å². The van der Waals surface area contributed by atoms with Crippen molar-refractivity contribution < 1.29 is 9.53 Å². The number of hydrogen-bond donors (Lipinski definition) is 1. The van der Waals surface area contributed by atoms with Gasteiger partial charge in [0.05, 0.1) is 25.3 Å². The first-order chi connectivity index (χ1) is 8.13. The number of carbonyl (C=O) groups excluding carboxylic acids is 1. The number of ketones is 1. The Morgan fingerprint density at radius 1 is 1.59 bits per heavy atom. The van der Waals surface area contributed by atoms with E-state index >= 15 is 0 Å². The van der Waals surface area contributed by atoms with Crippen LogP contribution in [0.3, 0.4) is 0 Å². The molecule has 0 saturated heterocycles. The maximum absolute atomic E-state index is 11.6. The monoisotopic (exact) mass is 239 g/mol. The second kappa shape index (κ2) is 7.19. The van der Waals surface area contributed by atoms with Crippen LogP contribution in [0.1, 0.15) is 25.6 Å². The van der Waals surface area contributed by atoms with Crippen LogP contribution < -0.4 is 5.32 Å². The summed E-state index contributed by atoms with van der Waals surface area (Å²) < 4.78 is 6.74. The van der Waals surface area contributed by atoms with Gasteiger partial charge < -0.3 is 10.1 Å². The summed E-state index contributed by atoms with van der Waals surface area (Å²) in [6, 6.07) is 2.23. The van der Waals surface area contributed by atoms with Gasteiger partial charge in [-0.3, -0.25) is 9.48 Å². The Bertz CT molecular complexity index is 347. The average Bonchev–Trinajstić information content (AvgIpc) is 2.73. The van der Waals surface area contributed by atoms with E-state index in [1.807, 2.05) is 16.9 Å². The zero-order valence-electron chi connectivity index (χ0n) is 10.8. The number of carbonyl (C=O) groups is 1. The number of Topliss-reactive ketones (excluding diaryl/α,β-unsaturated/α-hetero) is 1. The van der Waals surface area contributed by atoms with Crippen molar-refractivity contribution >= 4 is 5.78 Å². The van der Waals surface area contributed by atoms with Gasteiger partial charge in [-0.05, 0) is 19.9 Å². The van der Waals surface area contributed by atoms with Gasteiger partial charge in [-0.2, -0.15) is 5.10 Å². The Balaban J connectivity index is 2.29. The zero-order chi connectivity index (χ0) is 12.7. The molecule has 0 radical (unpaired) electrons. The van der Waals surface area contributed by atoms with E-state index < -0.39 is 0 Å². The highest BCUT2D eigenvalue weighted by molar-refractivity contribution is 5.82. The summed E-state index contributed by atoms with van der Waals surface area (Å²) >= 11 is 0. The number of methoxy groups -OCH3 is 1. The largest absolute Gasteiger partial charge is 0.383 e. The fourth-order valence-electron chi connectivity index (χ4n) is 1.43. The molecule has 1 rings (SSSR count). The molecule has 0 bridgehead atoms. The van der Waals surface area contributed by atoms with Gasteiger partial charge in [-0.25, -0.2) is 0 Å². The summed E-state index contributed by atoms with van der Waals surface area (Å²) in [6.07, 6.45) is 2.30. The molecular weight excluding hydrogens is 218 g/mol. The highest BCUT2D eigenvalue weighted by atomic mass is 16.5. The van der Waals surface area contributed by atoms with E-state index in [9.17, 15) is 4.79 Å². The Morgan fingerprint density at radius 3 is 2.94 bits per heavy atom. The molecule has 5 heteroatoms. The minimum atomic E-state index is 0.148. The molecule has 0 unspecified atom stereocenters. The van der Waals surface area contributed by atoms with Crippen molar-refractivity contribution in [2.75, 3.05) is 26.8 Å². The molecule has 0 spiro atoms. The fourth-order valence-corrected chi connectivity index (χ4v) is 1.43. The SMILES string of the molecule is COCCNCC(=O)Cc1ccn(C(C)C)n1. The molecule has 0 aliphatic carbocycles. The molecule has 1 aromatic heterocycles. The third-order valence-corrected chi connectivity index (χ3v) is 2.38. The van der Waals surface area contributed by atoms with Gasteiger partial charge >= 0.3 is 0 Å². The van der Waals surface area contributed by atoms with Crippen molar-refractivity contribution in [3.63, 3.8) is 0 Å². The standard InChI is InChI=1S/C12H21N3O2/c1-10(2)15-6-4-11(14-15)8-12(16)9-13-5-7-17-3/h4,6,10,13H,5,7-9H2,1-3H3. The summed E-state index contributed by atoms with van der Waals surface area (Å²) in [5.74, 6) is 0.148. The van der Waals surface area contributed by atoms with Crippen molar-refractivity contribution in [3.8, 4) is 0 Å². The number of hydrogen-bond acceptors (Lipinski definition) is 4. The first-order valence-electron chi connectivity index (χ1n) is 5.89. The zero-order valence-corrected chi connectivity index (χ0v) is 10.8. The summed E-state index contributed by atoms with van der Waals surface area (Å²) in [6.45, 7) is 5.81. The highest BCUT2D eigenvalue weighted by Crippen LogP contribution is 2.04. The highest BCUT2D eigenvalue weighted by Gasteiger charge is 2.07. The molecule has 0 saturated carbocycles. The van der Waals surface area contributed by atoms with Crippen LogP contribution in [-0.2, 0) is 16.0 Å². The number of rotatable bonds is 8. The van der Waals surface area contributed by atoms with Crippen molar-refractivity contribution in [2.24, 2.45) is 0 Å². The van der Waals surface area contributed by atoms with Crippen LogP contribution >= 0.6 is 0 Å². The van der Waals surface area contributed by atoms with Gasteiger partial charge in [-0.15, -0.1) is 0 Å². The summed E-state index contributed by atoms with van der Waals surface area (Å²) in [5.41, 5.74) is 0.831. The molecule has 0 fully saturated rings. The van der Waals surface area contributed by atoms with Crippen LogP contribution in [0.5, 0.6) is 0 Å². The van der Waals surface area contributed by atoms with E-state index in [-0.39, 0.29) is 5.78 Å². The molecule has 17 heavy (non-hydrogen) atoms. The minimum absolute atomic E-state index is 0.148. The molecule has 1 aromatic rings. The Labute approximate surface area is 102 Å². The summed E-state index contributed by atoms with van der Waals surface area (Å²) in [4.78, 5) is 11.6. The maximum Gasteiger partial charge on any atom is 0.152 e. The Morgan fingerprint density at radius 2 is 2.35 bits per heavy atom. The second-order valence-corrected chi connectivity index (χ2v) is 4.27.